The molecule has 0 heterocycles. The maximum Gasteiger partial charge on any atom is 0.306 e. The lowest BCUT2D eigenvalue weighted by Crippen LogP contribution is -2.31. The summed E-state index contributed by atoms with van der Waals surface area (Å²) in [5.74, 6) is -5.41. The SMILES string of the molecule is CCCCCCC(O)CCCCCCCCCC(CC(CC(CCCCCCCCCC(O)CCCCCC)C(=O)O)C(CCCCCCCCCC(O)CCCCCC)C(=O)O)C(=O)O. The van der Waals surface area contributed by atoms with Crippen molar-refractivity contribution in [1.82, 2.24) is 0 Å². The van der Waals surface area contributed by atoms with Gasteiger partial charge in [-0.1, -0.05) is 233 Å². The Morgan fingerprint density at radius 1 is 0.288 bits per heavy atom. The van der Waals surface area contributed by atoms with E-state index in [1.54, 1.807) is 0 Å². The molecule has 0 aromatic carbocycles. The maximum absolute atomic E-state index is 12.9. The Bertz CT molecular complexity index is 1030. The lowest BCUT2D eigenvalue weighted by Gasteiger charge is -2.29. The van der Waals surface area contributed by atoms with E-state index in [9.17, 15) is 45.0 Å². The van der Waals surface area contributed by atoms with Crippen LogP contribution < -0.4 is 0 Å². The van der Waals surface area contributed by atoms with E-state index >= 15 is 0 Å². The molecule has 0 amide bonds. The van der Waals surface area contributed by atoms with E-state index in [0.717, 1.165) is 193 Å². The van der Waals surface area contributed by atoms with Gasteiger partial charge in [0.05, 0.1) is 36.1 Å². The Morgan fingerprint density at radius 2 is 0.500 bits per heavy atom. The number of aliphatic carboxylic acids is 3. The predicted molar refractivity (Wildman–Crippen MR) is 275 cm³/mol. The summed E-state index contributed by atoms with van der Waals surface area (Å²) >= 11 is 0. The molecule has 0 saturated carbocycles. The van der Waals surface area contributed by atoms with Gasteiger partial charge in [-0.25, -0.2) is 0 Å². The van der Waals surface area contributed by atoms with Crippen molar-refractivity contribution in [3.63, 3.8) is 0 Å². The average molecular weight is 939 g/mol. The van der Waals surface area contributed by atoms with Crippen molar-refractivity contribution in [1.29, 1.82) is 0 Å². The predicted octanol–water partition coefficient (Wildman–Crippen LogP) is 16.0. The van der Waals surface area contributed by atoms with E-state index in [2.05, 4.69) is 20.8 Å². The van der Waals surface area contributed by atoms with Crippen molar-refractivity contribution in [2.75, 3.05) is 0 Å². The fourth-order valence-electron chi connectivity index (χ4n) is 10.2. The van der Waals surface area contributed by atoms with Gasteiger partial charge in [-0.2, -0.15) is 0 Å². The molecular formula is C57H110O9. The molecule has 6 atom stereocenters. The number of hydrogen-bond acceptors (Lipinski definition) is 6. The van der Waals surface area contributed by atoms with E-state index in [1.807, 2.05) is 0 Å². The van der Waals surface area contributed by atoms with Gasteiger partial charge in [-0.15, -0.1) is 0 Å². The highest BCUT2D eigenvalue weighted by atomic mass is 16.4. The molecule has 66 heavy (non-hydrogen) atoms. The van der Waals surface area contributed by atoms with E-state index in [-0.39, 0.29) is 31.2 Å². The third kappa shape index (κ3) is 40.2. The quantitative estimate of drug-likeness (QED) is 0.0325. The topological polar surface area (TPSA) is 173 Å². The fourth-order valence-corrected chi connectivity index (χ4v) is 10.2. The molecule has 0 aromatic rings. The van der Waals surface area contributed by atoms with E-state index in [0.29, 0.717) is 19.3 Å². The van der Waals surface area contributed by atoms with Crippen molar-refractivity contribution in [2.24, 2.45) is 23.7 Å². The monoisotopic (exact) mass is 939 g/mol. The lowest BCUT2D eigenvalue weighted by atomic mass is 9.75. The highest BCUT2D eigenvalue weighted by Gasteiger charge is 2.35. The third-order valence-electron chi connectivity index (χ3n) is 14.7. The highest BCUT2D eigenvalue weighted by Crippen LogP contribution is 2.35. The van der Waals surface area contributed by atoms with Crippen LogP contribution in [0.3, 0.4) is 0 Å². The molecule has 9 heteroatoms. The Kier molecular flexibility index (Phi) is 45.8. The van der Waals surface area contributed by atoms with Crippen LogP contribution in [0.25, 0.3) is 0 Å². The molecule has 0 bridgehead atoms. The Labute approximate surface area is 406 Å². The van der Waals surface area contributed by atoms with Crippen LogP contribution >= 0.6 is 0 Å². The van der Waals surface area contributed by atoms with Gasteiger partial charge in [0.1, 0.15) is 0 Å². The third-order valence-corrected chi connectivity index (χ3v) is 14.7. The van der Waals surface area contributed by atoms with Crippen molar-refractivity contribution in [3.8, 4) is 0 Å². The molecule has 0 aliphatic carbocycles. The zero-order chi connectivity index (χ0) is 48.9. The minimum atomic E-state index is -0.936. The van der Waals surface area contributed by atoms with Crippen LogP contribution in [0, 0.1) is 23.7 Å². The second-order valence-electron chi connectivity index (χ2n) is 20.9. The molecule has 0 aliphatic heterocycles. The van der Waals surface area contributed by atoms with E-state index in [4.69, 9.17) is 0 Å². The molecule has 0 aliphatic rings. The summed E-state index contributed by atoms with van der Waals surface area (Å²) in [6, 6.07) is 0. The number of unbranched alkanes of at least 4 members (excludes halogenated alkanes) is 27. The summed E-state index contributed by atoms with van der Waals surface area (Å²) in [6.07, 6.45) is 41.7. The van der Waals surface area contributed by atoms with Crippen LogP contribution in [0.1, 0.15) is 303 Å². The number of carboxylic acid groups (broad SMARTS) is 3. The largest absolute Gasteiger partial charge is 0.481 e. The van der Waals surface area contributed by atoms with Gasteiger partial charge in [0, 0.05) is 0 Å². The van der Waals surface area contributed by atoms with Crippen molar-refractivity contribution < 1.29 is 45.0 Å². The van der Waals surface area contributed by atoms with Crippen LogP contribution in [0.15, 0.2) is 0 Å². The minimum Gasteiger partial charge on any atom is -0.481 e. The number of aliphatic hydroxyl groups is 3. The number of aliphatic hydroxyl groups excluding tert-OH is 3. The molecular weight excluding hydrogens is 829 g/mol. The summed E-state index contributed by atoms with van der Waals surface area (Å²) in [6.45, 7) is 6.59. The fraction of sp³-hybridized carbons (Fsp3) is 0.947. The first-order valence-electron chi connectivity index (χ1n) is 28.7. The van der Waals surface area contributed by atoms with Crippen LogP contribution in [-0.4, -0.2) is 66.9 Å². The average Bonchev–Trinajstić information content (AvgIpc) is 3.28. The molecule has 0 spiro atoms. The highest BCUT2D eigenvalue weighted by molar-refractivity contribution is 5.73. The van der Waals surface area contributed by atoms with Crippen LogP contribution in [0.4, 0.5) is 0 Å². The van der Waals surface area contributed by atoms with Crippen LogP contribution in [-0.2, 0) is 14.4 Å². The molecule has 6 N–H and O–H groups in total. The smallest absolute Gasteiger partial charge is 0.306 e. The molecule has 9 nitrogen and oxygen atoms in total. The van der Waals surface area contributed by atoms with Gasteiger partial charge < -0.3 is 30.6 Å². The van der Waals surface area contributed by atoms with Gasteiger partial charge in [-0.05, 0) is 76.5 Å². The summed E-state index contributed by atoms with van der Waals surface area (Å²) in [7, 11) is 0. The Balaban J connectivity index is 5.15. The first-order valence-corrected chi connectivity index (χ1v) is 28.7. The van der Waals surface area contributed by atoms with Crippen molar-refractivity contribution in [3.05, 3.63) is 0 Å². The van der Waals surface area contributed by atoms with Gasteiger partial charge in [0.25, 0.3) is 0 Å². The Hall–Kier alpha value is -1.71. The summed E-state index contributed by atoms with van der Waals surface area (Å²) in [4.78, 5) is 38.3. The van der Waals surface area contributed by atoms with Crippen LogP contribution in [0.5, 0.6) is 0 Å². The number of carbonyl (C=O) groups is 3. The Morgan fingerprint density at radius 3 is 0.727 bits per heavy atom. The van der Waals surface area contributed by atoms with Gasteiger partial charge in [0.2, 0.25) is 0 Å². The van der Waals surface area contributed by atoms with Gasteiger partial charge in [0.15, 0.2) is 0 Å². The molecule has 0 saturated heterocycles. The van der Waals surface area contributed by atoms with E-state index < -0.39 is 41.6 Å². The van der Waals surface area contributed by atoms with E-state index in [1.165, 1.54) is 57.8 Å². The lowest BCUT2D eigenvalue weighted by molar-refractivity contribution is -0.149. The van der Waals surface area contributed by atoms with Crippen molar-refractivity contribution in [2.45, 2.75) is 322 Å². The second kappa shape index (κ2) is 47.0. The van der Waals surface area contributed by atoms with Gasteiger partial charge in [-0.3, -0.25) is 14.4 Å². The standard InChI is InChI=1S/C57H110O9/c1-4-7-10-30-39-51(58)42-33-24-18-13-16-22-28-37-48(55(61)62)46-50(54(57(65)66)45-36-27-21-15-20-26-35-44-53(60)41-32-12-9-6-3)47-49(56(63)64)38-29-23-17-14-19-25-34-43-52(59)40-31-11-8-5-2/h48-54,58-60H,4-47H2,1-3H3,(H,61,62)(H,63,64)(H,65,66). The minimum absolute atomic E-state index is 0.191. The summed E-state index contributed by atoms with van der Waals surface area (Å²) in [5.41, 5.74) is 0. The zero-order valence-corrected chi connectivity index (χ0v) is 43.6. The number of carboxylic acids is 3. The first kappa shape index (κ1) is 64.3. The maximum atomic E-state index is 12.9. The molecule has 6 unspecified atom stereocenters. The molecule has 392 valence electrons. The van der Waals surface area contributed by atoms with Crippen LogP contribution in [0.2, 0.25) is 0 Å². The zero-order valence-electron chi connectivity index (χ0n) is 43.6. The molecule has 0 rings (SSSR count). The number of hydrogen-bond donors (Lipinski definition) is 6. The molecule has 0 radical (unpaired) electrons. The normalized spacial score (nSPS) is 15.0. The molecule has 0 fully saturated rings. The number of rotatable bonds is 53. The summed E-state index contributed by atoms with van der Waals surface area (Å²) < 4.78 is 0. The molecule has 0 aromatic heterocycles. The first-order chi connectivity index (χ1) is 32.0. The van der Waals surface area contributed by atoms with Crippen molar-refractivity contribution >= 4 is 17.9 Å². The van der Waals surface area contributed by atoms with Gasteiger partial charge >= 0.3 is 17.9 Å². The second-order valence-corrected chi connectivity index (χ2v) is 20.9. The summed E-state index contributed by atoms with van der Waals surface area (Å²) in [5, 5.41) is 62.1.